The Labute approximate surface area is 199 Å². The van der Waals surface area contributed by atoms with Crippen LogP contribution < -0.4 is 10.1 Å². The number of para-hydroxylation sites is 1. The summed E-state index contributed by atoms with van der Waals surface area (Å²) in [6, 6.07) is 25.3. The van der Waals surface area contributed by atoms with Crippen molar-refractivity contribution >= 4 is 34.1 Å². The van der Waals surface area contributed by atoms with Gasteiger partial charge in [-0.05, 0) is 34.5 Å². The first-order valence-electron chi connectivity index (χ1n) is 10.5. The van der Waals surface area contributed by atoms with Gasteiger partial charge in [-0.15, -0.1) is 0 Å². The molecule has 0 unspecified atom stereocenters. The number of benzene rings is 4. The number of amides is 1. The fraction of sp³-hybridized carbons (Fsp3) is 0.0370. The smallest absolute Gasteiger partial charge is 0.271 e. The van der Waals surface area contributed by atoms with E-state index in [1.807, 2.05) is 42.5 Å². The Bertz CT molecular complexity index is 1500. The molecule has 172 valence electrons. The molecule has 0 heterocycles. The average molecular weight is 467 g/mol. The molecule has 0 aliphatic heterocycles. The molecule has 0 fully saturated rings. The maximum atomic E-state index is 14.1. The summed E-state index contributed by atoms with van der Waals surface area (Å²) in [5, 5.41) is 24.9. The molecule has 0 aromatic heterocycles. The Kier molecular flexibility index (Phi) is 6.79. The van der Waals surface area contributed by atoms with E-state index in [-0.39, 0.29) is 12.2 Å². The van der Waals surface area contributed by atoms with Crippen LogP contribution in [-0.2, 0) is 11.4 Å². The van der Waals surface area contributed by atoms with Gasteiger partial charge in [-0.25, -0.2) is 4.39 Å². The van der Waals surface area contributed by atoms with E-state index in [4.69, 9.17) is 4.74 Å². The van der Waals surface area contributed by atoms with E-state index in [2.05, 4.69) is 5.32 Å². The molecule has 0 radical (unpaired) electrons. The molecular weight excluding hydrogens is 449 g/mol. The second-order valence-corrected chi connectivity index (χ2v) is 7.51. The topological polar surface area (TPSA) is 105 Å². The van der Waals surface area contributed by atoms with E-state index < -0.39 is 28.0 Å². The minimum Gasteiger partial charge on any atom is -0.488 e. The number of hydrogen-bond acceptors (Lipinski definition) is 5. The number of hydrogen-bond donors (Lipinski definition) is 1. The molecule has 35 heavy (non-hydrogen) atoms. The third-order valence-corrected chi connectivity index (χ3v) is 5.26. The number of nitro groups is 1. The lowest BCUT2D eigenvalue weighted by Gasteiger charge is -2.12. The maximum Gasteiger partial charge on any atom is 0.271 e. The Morgan fingerprint density at radius 2 is 1.80 bits per heavy atom. The second-order valence-electron chi connectivity index (χ2n) is 7.51. The van der Waals surface area contributed by atoms with Crippen LogP contribution in [0.4, 0.5) is 15.8 Å². The van der Waals surface area contributed by atoms with Crippen LogP contribution in [0.2, 0.25) is 0 Å². The Morgan fingerprint density at radius 3 is 2.60 bits per heavy atom. The van der Waals surface area contributed by atoms with Gasteiger partial charge in [-0.3, -0.25) is 14.9 Å². The highest BCUT2D eigenvalue weighted by Crippen LogP contribution is 2.26. The van der Waals surface area contributed by atoms with Gasteiger partial charge in [-0.2, -0.15) is 5.26 Å². The minimum atomic E-state index is -0.907. The normalized spacial score (nSPS) is 11.0. The first-order chi connectivity index (χ1) is 17.0. The molecule has 0 atom stereocenters. The quantitative estimate of drug-likeness (QED) is 0.155. The van der Waals surface area contributed by atoms with E-state index in [1.165, 1.54) is 6.08 Å². The van der Waals surface area contributed by atoms with Crippen molar-refractivity contribution in [3.63, 3.8) is 0 Å². The molecule has 0 bridgehead atoms. The number of nitriles is 1. The number of rotatable bonds is 7. The van der Waals surface area contributed by atoms with Crippen LogP contribution in [0.1, 0.15) is 11.1 Å². The summed E-state index contributed by atoms with van der Waals surface area (Å²) in [7, 11) is 0. The van der Waals surface area contributed by atoms with Crippen LogP contribution in [0.15, 0.2) is 90.5 Å². The first-order valence-corrected chi connectivity index (χ1v) is 10.5. The zero-order chi connectivity index (χ0) is 24.8. The van der Waals surface area contributed by atoms with Gasteiger partial charge in [0.25, 0.3) is 11.6 Å². The van der Waals surface area contributed by atoms with Gasteiger partial charge in [0.2, 0.25) is 0 Å². The maximum absolute atomic E-state index is 14.1. The number of halogens is 1. The summed E-state index contributed by atoms with van der Waals surface area (Å²) in [5.74, 6) is -1.32. The van der Waals surface area contributed by atoms with Crippen molar-refractivity contribution in [1.29, 1.82) is 5.26 Å². The van der Waals surface area contributed by atoms with Crippen molar-refractivity contribution in [2.75, 3.05) is 5.32 Å². The van der Waals surface area contributed by atoms with Crippen LogP contribution in [0.5, 0.6) is 5.75 Å². The van der Waals surface area contributed by atoms with Crippen LogP contribution >= 0.6 is 0 Å². The molecule has 4 aromatic carbocycles. The molecule has 0 aliphatic carbocycles. The lowest BCUT2D eigenvalue weighted by molar-refractivity contribution is -0.384. The molecule has 8 heteroatoms. The average Bonchev–Trinajstić information content (AvgIpc) is 2.87. The number of carbonyl (C=O) groups excluding carboxylic acids is 1. The number of anilines is 1. The molecule has 0 aliphatic rings. The largest absolute Gasteiger partial charge is 0.488 e. The predicted molar refractivity (Wildman–Crippen MR) is 130 cm³/mol. The second kappa shape index (κ2) is 10.3. The summed E-state index contributed by atoms with van der Waals surface area (Å²) < 4.78 is 20.1. The number of nitrogens with one attached hydrogen (secondary N) is 1. The SMILES string of the molecule is N#C/C(=C\c1ccccc1OCc1cccc2ccccc12)C(=O)Nc1cc([N+](=O)[O-])ccc1F. The van der Waals surface area contributed by atoms with Crippen molar-refractivity contribution in [2.24, 2.45) is 0 Å². The molecular formula is C27H18FN3O4. The molecule has 0 spiro atoms. The molecule has 0 saturated heterocycles. The van der Waals surface area contributed by atoms with Gasteiger partial charge in [-0.1, -0.05) is 60.7 Å². The van der Waals surface area contributed by atoms with E-state index in [1.54, 1.807) is 30.3 Å². The summed E-state index contributed by atoms with van der Waals surface area (Å²) in [5.41, 5.74) is 0.333. The number of carbonyl (C=O) groups is 1. The monoisotopic (exact) mass is 467 g/mol. The highest BCUT2D eigenvalue weighted by molar-refractivity contribution is 6.10. The lowest BCUT2D eigenvalue weighted by atomic mass is 10.1. The number of nitro benzene ring substituents is 1. The summed E-state index contributed by atoms with van der Waals surface area (Å²) in [6.07, 6.45) is 1.32. The molecule has 4 rings (SSSR count). The van der Waals surface area contributed by atoms with Crippen LogP contribution in [0.3, 0.4) is 0 Å². The molecule has 1 amide bonds. The first kappa shape index (κ1) is 23.1. The number of fused-ring (bicyclic) bond motifs is 1. The molecule has 4 aromatic rings. The van der Waals surface area contributed by atoms with E-state index >= 15 is 0 Å². The van der Waals surface area contributed by atoms with E-state index in [0.717, 1.165) is 34.5 Å². The summed E-state index contributed by atoms with van der Waals surface area (Å²) in [6.45, 7) is 0.263. The van der Waals surface area contributed by atoms with E-state index in [9.17, 15) is 24.6 Å². The molecule has 1 N–H and O–H groups in total. The van der Waals surface area contributed by atoms with Gasteiger partial charge >= 0.3 is 0 Å². The summed E-state index contributed by atoms with van der Waals surface area (Å²) >= 11 is 0. The van der Waals surface area contributed by atoms with Gasteiger partial charge in [0.05, 0.1) is 10.6 Å². The third kappa shape index (κ3) is 5.31. The van der Waals surface area contributed by atoms with Crippen molar-refractivity contribution in [3.05, 3.63) is 118 Å². The molecule has 0 saturated carbocycles. The van der Waals surface area contributed by atoms with Gasteiger partial charge < -0.3 is 10.1 Å². The van der Waals surface area contributed by atoms with Crippen molar-refractivity contribution in [2.45, 2.75) is 6.61 Å². The Hall–Kier alpha value is -5.03. The van der Waals surface area contributed by atoms with Gasteiger partial charge in [0.15, 0.2) is 0 Å². The highest BCUT2D eigenvalue weighted by atomic mass is 19.1. The predicted octanol–water partition coefficient (Wildman–Crippen LogP) is 6.01. The highest BCUT2D eigenvalue weighted by Gasteiger charge is 2.16. The summed E-state index contributed by atoms with van der Waals surface area (Å²) in [4.78, 5) is 22.9. The number of nitrogens with zero attached hydrogens (tertiary/aromatic N) is 2. The van der Waals surface area contributed by atoms with Crippen molar-refractivity contribution in [3.8, 4) is 11.8 Å². The standard InChI is InChI=1S/C27H18FN3O4/c28-24-13-12-22(31(33)34)15-25(24)30-27(32)21(16-29)14-19-7-2-4-11-26(19)35-17-20-9-5-8-18-6-1-3-10-23(18)20/h1-15H,17H2,(H,30,32)/b21-14+. The lowest BCUT2D eigenvalue weighted by Crippen LogP contribution is -2.14. The Balaban J connectivity index is 1.57. The van der Waals surface area contributed by atoms with Gasteiger partial charge in [0.1, 0.15) is 29.8 Å². The fourth-order valence-electron chi connectivity index (χ4n) is 3.52. The number of ether oxygens (including phenoxy) is 1. The van der Waals surface area contributed by atoms with Gasteiger partial charge in [0, 0.05) is 17.7 Å². The fourth-order valence-corrected chi connectivity index (χ4v) is 3.52. The zero-order valence-electron chi connectivity index (χ0n) is 18.3. The van der Waals surface area contributed by atoms with E-state index in [0.29, 0.717) is 11.3 Å². The molecule has 7 nitrogen and oxygen atoms in total. The van der Waals surface area contributed by atoms with Crippen LogP contribution in [0.25, 0.3) is 16.8 Å². The number of non-ortho nitro benzene ring substituents is 1. The zero-order valence-corrected chi connectivity index (χ0v) is 18.3. The minimum absolute atomic E-state index is 0.263. The van der Waals surface area contributed by atoms with Crippen molar-refractivity contribution in [1.82, 2.24) is 0 Å². The van der Waals surface area contributed by atoms with Crippen molar-refractivity contribution < 1.29 is 18.8 Å². The van der Waals surface area contributed by atoms with Crippen LogP contribution in [0, 0.1) is 27.3 Å². The third-order valence-electron chi connectivity index (χ3n) is 5.26. The van der Waals surface area contributed by atoms with Crippen LogP contribution in [-0.4, -0.2) is 10.8 Å². The Morgan fingerprint density at radius 1 is 1.06 bits per heavy atom.